The van der Waals surface area contributed by atoms with E-state index in [1.54, 1.807) is 0 Å². The van der Waals surface area contributed by atoms with Gasteiger partial charge in [0, 0.05) is 12.2 Å². The highest BCUT2D eigenvalue weighted by atomic mass is 19.2. The fourth-order valence-corrected chi connectivity index (χ4v) is 1.14. The van der Waals surface area contributed by atoms with Crippen LogP contribution in [0.3, 0.4) is 0 Å². The number of nitrogens with two attached hydrogens (primary N) is 1. The van der Waals surface area contributed by atoms with Gasteiger partial charge in [0.15, 0.2) is 11.6 Å². The molecule has 4 heteroatoms. The molecule has 0 bridgehead atoms. The lowest BCUT2D eigenvalue weighted by atomic mass is 10.1. The van der Waals surface area contributed by atoms with Crippen molar-refractivity contribution in [1.29, 1.82) is 0 Å². The SMILES string of the molecule is CCOCC(N)c1cccc(F)c1F. The van der Waals surface area contributed by atoms with Crippen molar-refractivity contribution in [3.8, 4) is 0 Å². The fourth-order valence-electron chi connectivity index (χ4n) is 1.14. The molecule has 0 heterocycles. The van der Waals surface area contributed by atoms with E-state index < -0.39 is 17.7 Å². The van der Waals surface area contributed by atoms with Gasteiger partial charge in [0.05, 0.1) is 12.6 Å². The standard InChI is InChI=1S/C10H13F2NO/c1-2-14-6-9(13)7-4-3-5-8(11)10(7)12/h3-5,9H,2,6,13H2,1H3. The van der Waals surface area contributed by atoms with E-state index in [0.29, 0.717) is 6.61 Å². The fraction of sp³-hybridized carbons (Fsp3) is 0.400. The summed E-state index contributed by atoms with van der Waals surface area (Å²) in [7, 11) is 0. The molecule has 1 unspecified atom stereocenters. The second kappa shape index (κ2) is 5.02. The first-order valence-electron chi connectivity index (χ1n) is 4.44. The zero-order valence-corrected chi connectivity index (χ0v) is 7.97. The second-order valence-corrected chi connectivity index (χ2v) is 2.91. The van der Waals surface area contributed by atoms with Crippen molar-refractivity contribution in [2.75, 3.05) is 13.2 Å². The summed E-state index contributed by atoms with van der Waals surface area (Å²) < 4.78 is 31.0. The molecule has 1 atom stereocenters. The highest BCUT2D eigenvalue weighted by molar-refractivity contribution is 5.22. The molecule has 0 aliphatic heterocycles. The van der Waals surface area contributed by atoms with Gasteiger partial charge < -0.3 is 10.5 Å². The first-order valence-corrected chi connectivity index (χ1v) is 4.44. The molecular weight excluding hydrogens is 188 g/mol. The monoisotopic (exact) mass is 201 g/mol. The topological polar surface area (TPSA) is 35.2 Å². The van der Waals surface area contributed by atoms with E-state index in [-0.39, 0.29) is 12.2 Å². The lowest BCUT2D eigenvalue weighted by Gasteiger charge is -2.12. The number of ether oxygens (including phenoxy) is 1. The largest absolute Gasteiger partial charge is 0.380 e. The molecule has 14 heavy (non-hydrogen) atoms. The normalized spacial score (nSPS) is 12.9. The van der Waals surface area contributed by atoms with Crippen molar-refractivity contribution in [1.82, 2.24) is 0 Å². The Hall–Kier alpha value is -1.00. The van der Waals surface area contributed by atoms with E-state index >= 15 is 0 Å². The van der Waals surface area contributed by atoms with Gasteiger partial charge in [0.1, 0.15) is 0 Å². The Balaban J connectivity index is 2.79. The number of hydrogen-bond donors (Lipinski definition) is 1. The smallest absolute Gasteiger partial charge is 0.163 e. The molecule has 0 spiro atoms. The van der Waals surface area contributed by atoms with Gasteiger partial charge in [0.2, 0.25) is 0 Å². The maximum Gasteiger partial charge on any atom is 0.163 e. The molecule has 0 aliphatic carbocycles. The molecule has 0 radical (unpaired) electrons. The summed E-state index contributed by atoms with van der Waals surface area (Å²) >= 11 is 0. The number of hydrogen-bond acceptors (Lipinski definition) is 2. The van der Waals surface area contributed by atoms with Crippen molar-refractivity contribution in [3.05, 3.63) is 35.4 Å². The lowest BCUT2D eigenvalue weighted by Crippen LogP contribution is -2.19. The third-order valence-electron chi connectivity index (χ3n) is 1.88. The molecule has 1 rings (SSSR count). The number of halogens is 2. The third kappa shape index (κ3) is 2.49. The van der Waals surface area contributed by atoms with E-state index in [1.807, 2.05) is 6.92 Å². The van der Waals surface area contributed by atoms with E-state index in [1.165, 1.54) is 12.1 Å². The molecule has 0 fully saturated rings. The molecular formula is C10H13F2NO. The summed E-state index contributed by atoms with van der Waals surface area (Å²) in [6.45, 7) is 2.51. The number of benzene rings is 1. The molecule has 2 nitrogen and oxygen atoms in total. The predicted octanol–water partition coefficient (Wildman–Crippen LogP) is 2.00. The van der Waals surface area contributed by atoms with Gasteiger partial charge in [-0.15, -0.1) is 0 Å². The molecule has 0 aliphatic rings. The summed E-state index contributed by atoms with van der Waals surface area (Å²) in [4.78, 5) is 0. The van der Waals surface area contributed by atoms with Crippen LogP contribution in [0.25, 0.3) is 0 Å². The van der Waals surface area contributed by atoms with Crippen LogP contribution in [0.2, 0.25) is 0 Å². The quantitative estimate of drug-likeness (QED) is 0.808. The van der Waals surface area contributed by atoms with Crippen LogP contribution in [0.4, 0.5) is 8.78 Å². The molecule has 2 N–H and O–H groups in total. The van der Waals surface area contributed by atoms with Gasteiger partial charge >= 0.3 is 0 Å². The van der Waals surface area contributed by atoms with Crippen LogP contribution in [0.1, 0.15) is 18.5 Å². The number of rotatable bonds is 4. The molecule has 0 saturated heterocycles. The predicted molar refractivity (Wildman–Crippen MR) is 49.8 cm³/mol. The van der Waals surface area contributed by atoms with Crippen molar-refractivity contribution >= 4 is 0 Å². The van der Waals surface area contributed by atoms with Crippen LogP contribution < -0.4 is 5.73 Å². The zero-order valence-electron chi connectivity index (χ0n) is 7.97. The van der Waals surface area contributed by atoms with Gasteiger partial charge in [-0.05, 0) is 13.0 Å². The summed E-state index contributed by atoms with van der Waals surface area (Å²) in [5.41, 5.74) is 5.77. The van der Waals surface area contributed by atoms with Crippen LogP contribution in [0.5, 0.6) is 0 Å². The Morgan fingerprint density at radius 2 is 2.14 bits per heavy atom. The van der Waals surface area contributed by atoms with Crippen LogP contribution >= 0.6 is 0 Å². The maximum absolute atomic E-state index is 13.2. The second-order valence-electron chi connectivity index (χ2n) is 2.91. The van der Waals surface area contributed by atoms with Crippen LogP contribution in [-0.2, 0) is 4.74 Å². The Kier molecular flexibility index (Phi) is 3.98. The van der Waals surface area contributed by atoms with Gasteiger partial charge in [-0.2, -0.15) is 0 Å². The first-order chi connectivity index (χ1) is 6.66. The van der Waals surface area contributed by atoms with Crippen molar-refractivity contribution < 1.29 is 13.5 Å². The van der Waals surface area contributed by atoms with Crippen LogP contribution in [0, 0.1) is 11.6 Å². The average Bonchev–Trinajstić information content (AvgIpc) is 2.18. The highest BCUT2D eigenvalue weighted by Gasteiger charge is 2.14. The van der Waals surface area contributed by atoms with E-state index in [2.05, 4.69) is 0 Å². The Morgan fingerprint density at radius 3 is 2.79 bits per heavy atom. The van der Waals surface area contributed by atoms with Crippen molar-refractivity contribution in [3.63, 3.8) is 0 Å². The minimum atomic E-state index is -0.889. The first kappa shape index (κ1) is 11.1. The van der Waals surface area contributed by atoms with Gasteiger partial charge in [-0.1, -0.05) is 12.1 Å². The highest BCUT2D eigenvalue weighted by Crippen LogP contribution is 2.17. The Labute approximate surface area is 81.7 Å². The van der Waals surface area contributed by atoms with Crippen LogP contribution in [0.15, 0.2) is 18.2 Å². The molecule has 0 saturated carbocycles. The molecule has 78 valence electrons. The van der Waals surface area contributed by atoms with E-state index in [0.717, 1.165) is 6.07 Å². The van der Waals surface area contributed by atoms with Gasteiger partial charge in [0.25, 0.3) is 0 Å². The van der Waals surface area contributed by atoms with Crippen molar-refractivity contribution in [2.24, 2.45) is 5.73 Å². The van der Waals surface area contributed by atoms with Gasteiger partial charge in [-0.3, -0.25) is 0 Å². The minimum Gasteiger partial charge on any atom is -0.380 e. The van der Waals surface area contributed by atoms with Gasteiger partial charge in [-0.25, -0.2) is 8.78 Å². The summed E-state index contributed by atoms with van der Waals surface area (Å²) in [6, 6.07) is 3.33. The zero-order chi connectivity index (χ0) is 10.6. The van der Waals surface area contributed by atoms with E-state index in [4.69, 9.17) is 10.5 Å². The summed E-state index contributed by atoms with van der Waals surface area (Å²) in [5, 5.41) is 0. The van der Waals surface area contributed by atoms with E-state index in [9.17, 15) is 8.78 Å². The molecule has 0 amide bonds. The minimum absolute atomic E-state index is 0.151. The maximum atomic E-state index is 13.2. The summed E-state index contributed by atoms with van der Waals surface area (Å²) in [5.74, 6) is -1.77. The molecule has 1 aromatic rings. The van der Waals surface area contributed by atoms with Crippen LogP contribution in [-0.4, -0.2) is 13.2 Å². The molecule has 0 aromatic heterocycles. The molecule has 1 aromatic carbocycles. The Bertz CT molecular complexity index is 304. The third-order valence-corrected chi connectivity index (χ3v) is 1.88. The summed E-state index contributed by atoms with van der Waals surface area (Å²) in [6.07, 6.45) is 0. The lowest BCUT2D eigenvalue weighted by molar-refractivity contribution is 0.132. The average molecular weight is 201 g/mol. The van der Waals surface area contributed by atoms with Crippen molar-refractivity contribution in [2.45, 2.75) is 13.0 Å². The Morgan fingerprint density at radius 1 is 1.43 bits per heavy atom.